The normalized spacial score (nSPS) is 43.1. The molecule has 8 atom stereocenters. The first-order valence-corrected chi connectivity index (χ1v) is 12.4. The fourth-order valence-electron chi connectivity index (χ4n) is 6.56. The summed E-state index contributed by atoms with van der Waals surface area (Å²) in [5.41, 5.74) is 0.0315. The summed E-state index contributed by atoms with van der Waals surface area (Å²) in [6, 6.07) is 0. The number of carbonyl (C=O) groups excluding carboxylic acids is 3. The number of Topliss-reactive ketones (excluding diaryl/α,β-unsaturated/α-hetero) is 1. The molecule has 164 valence electrons. The van der Waals surface area contributed by atoms with Crippen LogP contribution in [0.1, 0.15) is 79.1 Å². The molecule has 3 saturated carbocycles. The fourth-order valence-corrected chi connectivity index (χ4v) is 7.38. The Morgan fingerprint density at radius 1 is 0.966 bits per heavy atom. The highest BCUT2D eigenvalue weighted by molar-refractivity contribution is 14.1. The first-order valence-electron chi connectivity index (χ1n) is 11.1. The molecule has 3 aliphatic carbocycles. The van der Waals surface area contributed by atoms with Crippen LogP contribution in [0.4, 0.5) is 0 Å². The van der Waals surface area contributed by atoms with Crippen LogP contribution in [0, 0.1) is 29.1 Å². The van der Waals surface area contributed by atoms with E-state index in [4.69, 9.17) is 9.47 Å². The third-order valence-corrected chi connectivity index (χ3v) is 9.52. The van der Waals surface area contributed by atoms with E-state index in [1.165, 1.54) is 13.8 Å². The van der Waals surface area contributed by atoms with Crippen LogP contribution in [0.25, 0.3) is 0 Å². The van der Waals surface area contributed by atoms with Crippen LogP contribution in [-0.2, 0) is 23.9 Å². The van der Waals surface area contributed by atoms with Gasteiger partial charge in [0.2, 0.25) is 0 Å². The number of ketones is 1. The summed E-state index contributed by atoms with van der Waals surface area (Å²) in [7, 11) is 0. The van der Waals surface area contributed by atoms with Crippen LogP contribution in [0.15, 0.2) is 0 Å². The molecule has 6 heteroatoms. The zero-order valence-electron chi connectivity index (χ0n) is 18.1. The van der Waals surface area contributed by atoms with Gasteiger partial charge in [0.05, 0.1) is 0 Å². The third-order valence-electron chi connectivity index (χ3n) is 8.03. The van der Waals surface area contributed by atoms with Crippen molar-refractivity contribution in [2.24, 2.45) is 29.1 Å². The van der Waals surface area contributed by atoms with Gasteiger partial charge in [0, 0.05) is 25.7 Å². The maximum atomic E-state index is 12.9. The molecule has 0 N–H and O–H groups in total. The molecule has 0 aromatic heterocycles. The van der Waals surface area contributed by atoms with E-state index in [-0.39, 0.29) is 39.3 Å². The smallest absolute Gasteiger partial charge is 0.302 e. The van der Waals surface area contributed by atoms with E-state index in [1.807, 2.05) is 0 Å². The molecule has 0 amide bonds. The highest BCUT2D eigenvalue weighted by Crippen LogP contribution is 2.59. The number of hydrogen-bond donors (Lipinski definition) is 0. The lowest BCUT2D eigenvalue weighted by Gasteiger charge is -2.50. The number of ether oxygens (including phenoxy) is 2. The average molecular weight is 518 g/mol. The molecule has 0 heterocycles. The lowest BCUT2D eigenvalue weighted by Crippen LogP contribution is -2.46. The molecular weight excluding hydrogens is 483 g/mol. The Morgan fingerprint density at radius 2 is 1.66 bits per heavy atom. The molecule has 3 fully saturated rings. The maximum absolute atomic E-state index is 12.9. The standard InChI is InChI=1S/C23H35IO5/c1-13-5-9-20(28-14(2)25)22(24)19(27)8-6-17-16(13)11-12-23(4)18(17)7-10-21(23)29-15(3)26/h13,16-18,20-22H,5-12H2,1-4H3/t13-,16+,17+,18-,20-,21-,22+,23-/m0/s1. The Morgan fingerprint density at radius 3 is 2.31 bits per heavy atom. The minimum Gasteiger partial charge on any atom is -0.462 e. The summed E-state index contributed by atoms with van der Waals surface area (Å²) >= 11 is 2.17. The summed E-state index contributed by atoms with van der Waals surface area (Å²) in [6.07, 6.45) is 7.09. The first-order chi connectivity index (χ1) is 13.6. The lowest BCUT2D eigenvalue weighted by atomic mass is 9.56. The van der Waals surface area contributed by atoms with Crippen LogP contribution in [0.5, 0.6) is 0 Å². The fraction of sp³-hybridized carbons (Fsp3) is 0.870. The molecule has 3 aliphatic rings. The maximum Gasteiger partial charge on any atom is 0.302 e. The van der Waals surface area contributed by atoms with Crippen molar-refractivity contribution >= 4 is 40.3 Å². The van der Waals surface area contributed by atoms with Gasteiger partial charge in [-0.25, -0.2) is 0 Å². The molecule has 0 radical (unpaired) electrons. The second-order valence-corrected chi connectivity index (χ2v) is 11.1. The van der Waals surface area contributed by atoms with E-state index in [2.05, 4.69) is 36.4 Å². The van der Waals surface area contributed by atoms with Crippen molar-refractivity contribution < 1.29 is 23.9 Å². The van der Waals surface area contributed by atoms with E-state index in [0.717, 1.165) is 44.9 Å². The van der Waals surface area contributed by atoms with Gasteiger partial charge >= 0.3 is 11.9 Å². The Balaban J connectivity index is 1.80. The van der Waals surface area contributed by atoms with E-state index < -0.39 is 0 Å². The molecule has 0 aliphatic heterocycles. The van der Waals surface area contributed by atoms with Crippen LogP contribution in [0.3, 0.4) is 0 Å². The zero-order chi connectivity index (χ0) is 21.3. The van der Waals surface area contributed by atoms with Crippen molar-refractivity contribution in [2.75, 3.05) is 0 Å². The van der Waals surface area contributed by atoms with E-state index in [1.54, 1.807) is 0 Å². The van der Waals surface area contributed by atoms with Gasteiger partial charge in [0.1, 0.15) is 21.9 Å². The minimum atomic E-state index is -0.312. The van der Waals surface area contributed by atoms with E-state index in [9.17, 15) is 14.4 Å². The second kappa shape index (κ2) is 9.23. The number of carbonyl (C=O) groups is 3. The van der Waals surface area contributed by atoms with E-state index >= 15 is 0 Å². The number of rotatable bonds is 2. The van der Waals surface area contributed by atoms with Crippen molar-refractivity contribution in [1.29, 1.82) is 0 Å². The predicted octanol–water partition coefficient (Wildman–Crippen LogP) is 4.88. The van der Waals surface area contributed by atoms with Crippen LogP contribution >= 0.6 is 22.6 Å². The molecular formula is C23H35IO5. The van der Waals surface area contributed by atoms with Gasteiger partial charge < -0.3 is 9.47 Å². The Bertz CT molecular complexity index is 649. The molecule has 0 saturated heterocycles. The van der Waals surface area contributed by atoms with Gasteiger partial charge in [-0.3, -0.25) is 14.4 Å². The van der Waals surface area contributed by atoms with Crippen molar-refractivity contribution in [3.8, 4) is 0 Å². The summed E-state index contributed by atoms with van der Waals surface area (Å²) in [6.45, 7) is 7.56. The summed E-state index contributed by atoms with van der Waals surface area (Å²) < 4.78 is 11.0. The number of fused-ring (bicyclic) bond motifs is 3. The van der Waals surface area contributed by atoms with Crippen molar-refractivity contribution in [3.63, 3.8) is 0 Å². The topological polar surface area (TPSA) is 69.7 Å². The van der Waals surface area contributed by atoms with Gasteiger partial charge in [-0.1, -0.05) is 36.4 Å². The van der Waals surface area contributed by atoms with Crippen molar-refractivity contribution in [2.45, 2.75) is 95.2 Å². The van der Waals surface area contributed by atoms with Crippen LogP contribution in [0.2, 0.25) is 0 Å². The third kappa shape index (κ3) is 4.82. The largest absolute Gasteiger partial charge is 0.462 e. The quantitative estimate of drug-likeness (QED) is 0.296. The Hall–Kier alpha value is -0.660. The van der Waals surface area contributed by atoms with Crippen molar-refractivity contribution in [3.05, 3.63) is 0 Å². The number of hydrogen-bond acceptors (Lipinski definition) is 5. The number of halogens is 1. The van der Waals surface area contributed by atoms with Gasteiger partial charge in [0.25, 0.3) is 0 Å². The molecule has 29 heavy (non-hydrogen) atoms. The lowest BCUT2D eigenvalue weighted by molar-refractivity contribution is -0.155. The molecule has 0 spiro atoms. The molecule has 0 aromatic carbocycles. The molecule has 0 aromatic rings. The average Bonchev–Trinajstić information content (AvgIpc) is 2.97. The molecule has 3 rings (SSSR count). The van der Waals surface area contributed by atoms with Crippen LogP contribution < -0.4 is 0 Å². The summed E-state index contributed by atoms with van der Waals surface area (Å²) in [4.78, 5) is 36.0. The number of esters is 2. The minimum absolute atomic E-state index is 0.0121. The molecule has 5 nitrogen and oxygen atoms in total. The zero-order valence-corrected chi connectivity index (χ0v) is 20.3. The number of alkyl halides is 1. The van der Waals surface area contributed by atoms with Crippen LogP contribution in [-0.4, -0.2) is 33.9 Å². The monoisotopic (exact) mass is 518 g/mol. The van der Waals surface area contributed by atoms with Gasteiger partial charge in [-0.2, -0.15) is 0 Å². The molecule has 0 unspecified atom stereocenters. The molecule has 0 bridgehead atoms. The van der Waals surface area contributed by atoms with Gasteiger partial charge in [-0.05, 0) is 68.6 Å². The van der Waals surface area contributed by atoms with Gasteiger partial charge in [0.15, 0.2) is 0 Å². The second-order valence-electron chi connectivity index (χ2n) is 9.76. The highest BCUT2D eigenvalue weighted by atomic mass is 127. The predicted molar refractivity (Wildman–Crippen MR) is 119 cm³/mol. The highest BCUT2D eigenvalue weighted by Gasteiger charge is 2.55. The first kappa shape index (κ1) is 23.0. The summed E-state index contributed by atoms with van der Waals surface area (Å²) in [5, 5.41) is 0. The Kier molecular flexibility index (Phi) is 7.32. The van der Waals surface area contributed by atoms with Crippen molar-refractivity contribution in [1.82, 2.24) is 0 Å². The SMILES string of the molecule is CC(=O)O[C@H]1CC[C@H](C)[C@H]2CC[C@]3(C)[C@@H](OC(C)=O)CC[C@H]3[C@@H]2CCC(=O)[C@H]1I. The summed E-state index contributed by atoms with van der Waals surface area (Å²) in [5.74, 6) is 1.85. The Labute approximate surface area is 188 Å². The van der Waals surface area contributed by atoms with Gasteiger partial charge in [-0.15, -0.1) is 0 Å². The van der Waals surface area contributed by atoms with E-state index in [0.29, 0.717) is 30.1 Å².